The molecule has 1 atom stereocenters. The summed E-state index contributed by atoms with van der Waals surface area (Å²) in [4.78, 5) is 23.8. The molecule has 1 unspecified atom stereocenters. The predicted molar refractivity (Wildman–Crippen MR) is 70.5 cm³/mol. The summed E-state index contributed by atoms with van der Waals surface area (Å²) in [6, 6.07) is 1.08. The second-order valence-electron chi connectivity index (χ2n) is 4.39. The lowest BCUT2D eigenvalue weighted by molar-refractivity contribution is 0.111. The van der Waals surface area contributed by atoms with Crippen LogP contribution in [0.4, 0.5) is 19.4 Å². The molecule has 3 rings (SSSR count). The number of thioether (sulfide) groups is 1. The van der Waals surface area contributed by atoms with E-state index in [1.165, 1.54) is 4.90 Å². The van der Waals surface area contributed by atoms with Crippen molar-refractivity contribution < 1.29 is 28.0 Å². The van der Waals surface area contributed by atoms with Crippen molar-refractivity contribution in [1.82, 2.24) is 5.16 Å². The number of halogens is 2. The minimum absolute atomic E-state index is 0.000417. The van der Waals surface area contributed by atoms with Gasteiger partial charge in [-0.15, -0.1) is 0 Å². The van der Waals surface area contributed by atoms with Crippen LogP contribution >= 0.6 is 11.8 Å². The lowest BCUT2D eigenvalue weighted by Gasteiger charge is -2.11. The van der Waals surface area contributed by atoms with Crippen molar-refractivity contribution in [2.24, 2.45) is 0 Å². The lowest BCUT2D eigenvalue weighted by Crippen LogP contribution is -2.25. The monoisotopic (exact) mass is 314 g/mol. The summed E-state index contributed by atoms with van der Waals surface area (Å²) >= 11 is 0.916. The number of carbonyl (C=O) groups excluding carboxylic acids is 2. The van der Waals surface area contributed by atoms with Crippen molar-refractivity contribution in [1.29, 1.82) is 0 Å². The summed E-state index contributed by atoms with van der Waals surface area (Å²) in [6.07, 6.45) is 0.172. The van der Waals surface area contributed by atoms with Gasteiger partial charge in [0.25, 0.3) is 5.24 Å². The Morgan fingerprint density at radius 3 is 2.90 bits per heavy atom. The number of aliphatic hydroxyl groups excluding tert-OH is 1. The third kappa shape index (κ3) is 2.09. The Kier molecular flexibility index (Phi) is 3.38. The number of aliphatic hydroxyl groups is 1. The van der Waals surface area contributed by atoms with Crippen molar-refractivity contribution in [3.05, 3.63) is 23.3 Å². The van der Waals surface area contributed by atoms with Gasteiger partial charge in [0.15, 0.2) is 17.9 Å². The van der Waals surface area contributed by atoms with Gasteiger partial charge in [0.05, 0.1) is 22.8 Å². The largest absolute Gasteiger partial charge is 0.395 e. The van der Waals surface area contributed by atoms with E-state index in [-0.39, 0.29) is 41.1 Å². The molecule has 0 aliphatic carbocycles. The molecule has 2 aromatic rings. The van der Waals surface area contributed by atoms with Gasteiger partial charge in [-0.2, -0.15) is 4.39 Å². The number of hydrogen-bond acceptors (Lipinski definition) is 6. The summed E-state index contributed by atoms with van der Waals surface area (Å²) in [5.41, 5.74) is -0.944. The van der Waals surface area contributed by atoms with Gasteiger partial charge in [-0.25, -0.2) is 4.39 Å². The number of aromatic nitrogens is 1. The Labute approximate surface area is 120 Å². The highest BCUT2D eigenvalue weighted by Gasteiger charge is 2.35. The second-order valence-corrected chi connectivity index (χ2v) is 5.65. The predicted octanol–water partition coefficient (Wildman–Crippen LogP) is 1.95. The fraction of sp³-hybridized carbons (Fsp3) is 0.250. The molecule has 1 N–H and O–H groups in total. The molecule has 1 saturated heterocycles. The first kappa shape index (κ1) is 14.0. The normalized spacial score (nSPS) is 18.7. The molecular weight excluding hydrogens is 306 g/mol. The minimum Gasteiger partial charge on any atom is -0.395 e. The molecule has 1 aromatic carbocycles. The van der Waals surface area contributed by atoms with Gasteiger partial charge in [0, 0.05) is 6.54 Å². The highest BCUT2D eigenvalue weighted by atomic mass is 32.2. The molecule has 6 nitrogen and oxygen atoms in total. The Bertz CT molecular complexity index is 748. The van der Waals surface area contributed by atoms with Crippen LogP contribution in [0.5, 0.6) is 0 Å². The van der Waals surface area contributed by atoms with Crippen LogP contribution in [0.1, 0.15) is 10.4 Å². The number of aldehydes is 1. The van der Waals surface area contributed by atoms with E-state index in [1.807, 2.05) is 0 Å². The first-order valence-corrected chi connectivity index (χ1v) is 6.76. The molecule has 0 radical (unpaired) electrons. The van der Waals surface area contributed by atoms with Crippen LogP contribution in [-0.2, 0) is 0 Å². The molecule has 110 valence electrons. The highest BCUT2D eigenvalue weighted by molar-refractivity contribution is 8.14. The van der Waals surface area contributed by atoms with E-state index in [4.69, 9.17) is 9.63 Å². The van der Waals surface area contributed by atoms with Crippen molar-refractivity contribution in [3.63, 3.8) is 0 Å². The molecule has 21 heavy (non-hydrogen) atoms. The van der Waals surface area contributed by atoms with Gasteiger partial charge in [-0.3, -0.25) is 14.5 Å². The third-order valence-corrected chi connectivity index (χ3v) is 4.17. The average molecular weight is 314 g/mol. The quantitative estimate of drug-likeness (QED) is 0.872. The fourth-order valence-corrected chi connectivity index (χ4v) is 2.96. The van der Waals surface area contributed by atoms with Gasteiger partial charge in [-0.1, -0.05) is 16.9 Å². The number of hydrogen-bond donors (Lipinski definition) is 1. The van der Waals surface area contributed by atoms with E-state index in [2.05, 4.69) is 5.16 Å². The van der Waals surface area contributed by atoms with Gasteiger partial charge < -0.3 is 9.63 Å². The average Bonchev–Trinajstić information content (AvgIpc) is 3.05. The molecule has 1 aliphatic heterocycles. The van der Waals surface area contributed by atoms with Gasteiger partial charge in [0.1, 0.15) is 0 Å². The van der Waals surface area contributed by atoms with Crippen molar-refractivity contribution in [2.75, 3.05) is 18.1 Å². The molecule has 1 aliphatic rings. The molecule has 0 bridgehead atoms. The smallest absolute Gasteiger partial charge is 0.287 e. The van der Waals surface area contributed by atoms with E-state index >= 15 is 0 Å². The van der Waals surface area contributed by atoms with Crippen molar-refractivity contribution in [2.45, 2.75) is 5.25 Å². The van der Waals surface area contributed by atoms with Gasteiger partial charge in [0.2, 0.25) is 11.4 Å². The first-order valence-electron chi connectivity index (χ1n) is 5.88. The number of amides is 1. The Morgan fingerprint density at radius 2 is 2.29 bits per heavy atom. The zero-order chi connectivity index (χ0) is 15.1. The number of nitrogens with zero attached hydrogens (tertiary/aromatic N) is 2. The zero-order valence-electron chi connectivity index (χ0n) is 10.4. The highest BCUT2D eigenvalue weighted by Crippen LogP contribution is 2.36. The van der Waals surface area contributed by atoms with Crippen LogP contribution in [0.2, 0.25) is 0 Å². The fourth-order valence-electron chi connectivity index (χ4n) is 2.09. The van der Waals surface area contributed by atoms with Crippen LogP contribution in [-0.4, -0.2) is 40.2 Å². The summed E-state index contributed by atoms with van der Waals surface area (Å²) < 4.78 is 32.0. The second kappa shape index (κ2) is 5.08. The first-order chi connectivity index (χ1) is 10.1. The maximum atomic E-state index is 13.8. The molecule has 2 heterocycles. The standard InChI is InChI=1S/C12H8F2N2O4S/c13-8-5(3-17)1-7-10(9(8)14)20-15-11(7)16-2-6(4-18)21-12(16)19/h1,3,6,18H,2,4H2. The summed E-state index contributed by atoms with van der Waals surface area (Å²) in [5, 5.41) is 12.0. The van der Waals surface area contributed by atoms with E-state index in [9.17, 15) is 18.4 Å². The number of benzene rings is 1. The third-order valence-electron chi connectivity index (χ3n) is 3.11. The summed E-state index contributed by atoms with van der Waals surface area (Å²) in [5.74, 6) is -2.65. The van der Waals surface area contributed by atoms with Crippen LogP contribution < -0.4 is 4.90 Å². The zero-order valence-corrected chi connectivity index (χ0v) is 11.2. The van der Waals surface area contributed by atoms with Crippen LogP contribution in [0.25, 0.3) is 11.0 Å². The van der Waals surface area contributed by atoms with Gasteiger partial charge in [-0.05, 0) is 6.07 Å². The number of rotatable bonds is 3. The van der Waals surface area contributed by atoms with Crippen molar-refractivity contribution in [3.8, 4) is 0 Å². The van der Waals surface area contributed by atoms with Gasteiger partial charge >= 0.3 is 0 Å². The number of fused-ring (bicyclic) bond motifs is 1. The van der Waals surface area contributed by atoms with E-state index in [0.717, 1.165) is 17.8 Å². The summed E-state index contributed by atoms with van der Waals surface area (Å²) in [7, 11) is 0. The topological polar surface area (TPSA) is 83.6 Å². The Morgan fingerprint density at radius 1 is 1.52 bits per heavy atom. The molecule has 9 heteroatoms. The maximum Gasteiger partial charge on any atom is 0.287 e. The van der Waals surface area contributed by atoms with E-state index < -0.39 is 22.8 Å². The van der Waals surface area contributed by atoms with Crippen LogP contribution in [0, 0.1) is 11.6 Å². The number of carbonyl (C=O) groups is 2. The SMILES string of the molecule is O=Cc1cc2c(N3CC(CO)SC3=O)noc2c(F)c1F. The minimum atomic E-state index is -1.33. The van der Waals surface area contributed by atoms with Crippen molar-refractivity contribution >= 4 is 40.1 Å². The molecule has 1 amide bonds. The lowest BCUT2D eigenvalue weighted by atomic mass is 10.1. The molecular formula is C12H8F2N2O4S. The van der Waals surface area contributed by atoms with E-state index in [1.54, 1.807) is 0 Å². The van der Waals surface area contributed by atoms with Crippen LogP contribution in [0.15, 0.2) is 10.6 Å². The maximum absolute atomic E-state index is 13.8. The van der Waals surface area contributed by atoms with Crippen LogP contribution in [0.3, 0.4) is 0 Å². The van der Waals surface area contributed by atoms with E-state index in [0.29, 0.717) is 0 Å². The summed E-state index contributed by atoms with van der Waals surface area (Å²) in [6.45, 7) is -0.0394. The number of anilines is 1. The molecule has 0 spiro atoms. The molecule has 1 aromatic heterocycles. The Balaban J connectivity index is 2.14. The molecule has 1 fully saturated rings. The Hall–Kier alpha value is -2.00. The molecule has 0 saturated carbocycles.